The maximum absolute atomic E-state index is 13.7. The minimum absolute atomic E-state index is 0.197. The van der Waals surface area contributed by atoms with Crippen molar-refractivity contribution < 1.29 is 65.0 Å². The molecular formula is C105H87BrF4N14O10. The lowest BCUT2D eigenvalue weighted by Gasteiger charge is -2.11. The number of ether oxygens (including phenoxy) is 8. The molecule has 0 atom stereocenters. The molecule has 0 fully saturated rings. The van der Waals surface area contributed by atoms with Gasteiger partial charge in [-0.3, -0.25) is 10.6 Å². The van der Waals surface area contributed by atoms with Crippen LogP contribution in [0.2, 0.25) is 0 Å². The van der Waals surface area contributed by atoms with Crippen LogP contribution in [0.15, 0.2) is 241 Å². The summed E-state index contributed by atoms with van der Waals surface area (Å²) < 4.78 is 107. The Morgan fingerprint density at radius 1 is 0.433 bits per heavy atom. The third-order valence-corrected chi connectivity index (χ3v) is 23.1. The average molecular weight is 1860 g/mol. The van der Waals surface area contributed by atoms with Crippen molar-refractivity contribution in [2.75, 3.05) is 45.0 Å². The first-order valence-electron chi connectivity index (χ1n) is 42.5. The van der Waals surface area contributed by atoms with Gasteiger partial charge in [-0.25, -0.2) is 14.0 Å². The van der Waals surface area contributed by atoms with Gasteiger partial charge in [-0.2, -0.15) is 44.7 Å². The van der Waals surface area contributed by atoms with E-state index >= 15 is 0 Å². The molecule has 0 spiro atoms. The predicted octanol–water partition coefficient (Wildman–Crippen LogP) is 25.1. The van der Waals surface area contributed by atoms with E-state index in [1.54, 1.807) is 62.2 Å². The molecule has 2 N–H and O–H groups in total. The van der Waals surface area contributed by atoms with E-state index in [0.717, 1.165) is 157 Å². The molecule has 6 aromatic heterocycles. The largest absolute Gasteiger partial charge is 0.497 e. The molecule has 19 rings (SSSR count). The van der Waals surface area contributed by atoms with Crippen LogP contribution in [0, 0.1) is 94.6 Å². The molecule has 8 heterocycles. The van der Waals surface area contributed by atoms with Gasteiger partial charge in [-0.1, -0.05) is 94.8 Å². The lowest BCUT2D eigenvalue weighted by atomic mass is 10.1. The van der Waals surface area contributed by atoms with E-state index in [1.807, 2.05) is 209 Å². The van der Waals surface area contributed by atoms with Crippen LogP contribution < -0.4 is 39.1 Å². The number of benzene rings is 11. The number of carbonyl (C=O) groups is 2. The smallest absolute Gasteiger partial charge is 0.416 e. The summed E-state index contributed by atoms with van der Waals surface area (Å²) in [5.74, 6) is 3.99. The summed E-state index contributed by atoms with van der Waals surface area (Å²) in [5, 5.41) is 66.9. The first-order chi connectivity index (χ1) is 64.9. The molecule has 2 amide bonds. The van der Waals surface area contributed by atoms with Gasteiger partial charge in [-0.05, 0) is 199 Å². The van der Waals surface area contributed by atoms with Crippen LogP contribution in [0.5, 0.6) is 34.5 Å². The van der Waals surface area contributed by atoms with Crippen molar-refractivity contribution in [3.63, 3.8) is 0 Å². The van der Waals surface area contributed by atoms with E-state index in [9.17, 15) is 48.2 Å². The minimum atomic E-state index is -4.36. The third-order valence-electron chi connectivity index (χ3n) is 22.7. The highest BCUT2D eigenvalue weighted by molar-refractivity contribution is 9.10. The number of amides is 2. The summed E-state index contributed by atoms with van der Waals surface area (Å²) in [6.45, 7) is 19.4. The summed E-state index contributed by atoms with van der Waals surface area (Å²) in [6, 6.07) is 80.5. The Labute approximate surface area is 777 Å². The zero-order valence-electron chi connectivity index (χ0n) is 74.5. The molecule has 29 heteroatoms. The van der Waals surface area contributed by atoms with Crippen molar-refractivity contribution in [2.24, 2.45) is 0 Å². The molecular weight excluding hydrogens is 1770 g/mol. The predicted molar refractivity (Wildman–Crippen MR) is 509 cm³/mol. The maximum Gasteiger partial charge on any atom is 0.416 e. The van der Waals surface area contributed by atoms with Crippen molar-refractivity contribution in [3.05, 3.63) is 309 Å². The van der Waals surface area contributed by atoms with Gasteiger partial charge in [-0.15, -0.1) is 0 Å². The van der Waals surface area contributed by atoms with Gasteiger partial charge in [0.1, 0.15) is 60.3 Å². The van der Waals surface area contributed by atoms with Gasteiger partial charge < -0.3 is 65.3 Å². The Morgan fingerprint density at radius 3 is 1.31 bits per heavy atom. The maximum atomic E-state index is 13.7. The van der Waals surface area contributed by atoms with Crippen LogP contribution in [-0.4, -0.2) is 74.0 Å². The van der Waals surface area contributed by atoms with Crippen LogP contribution >= 0.6 is 15.9 Å². The highest BCUT2D eigenvalue weighted by atomic mass is 79.9. The number of nitrogens with zero attached hydrogens (tertiary/aromatic N) is 12. The molecule has 0 aliphatic carbocycles. The van der Waals surface area contributed by atoms with Crippen molar-refractivity contribution >= 4 is 105 Å². The van der Waals surface area contributed by atoms with Crippen LogP contribution in [0.25, 0.3) is 99.3 Å². The number of rotatable bonds is 15. The van der Waals surface area contributed by atoms with E-state index in [-0.39, 0.29) is 26.0 Å². The molecule has 0 unspecified atom stereocenters. The molecule has 672 valence electrons. The van der Waals surface area contributed by atoms with Gasteiger partial charge in [0.15, 0.2) is 23.0 Å². The molecule has 0 saturated heterocycles. The zero-order valence-corrected chi connectivity index (χ0v) is 76.1. The van der Waals surface area contributed by atoms with E-state index < -0.39 is 23.9 Å². The number of methoxy groups -OCH3 is 2. The van der Waals surface area contributed by atoms with E-state index in [2.05, 4.69) is 95.1 Å². The van der Waals surface area contributed by atoms with Crippen molar-refractivity contribution in [1.82, 2.24) is 27.4 Å². The molecule has 0 radical (unpaired) electrons. The van der Waals surface area contributed by atoms with Gasteiger partial charge in [0, 0.05) is 139 Å². The average Bonchev–Trinajstić information content (AvgIpc) is 1.61. The molecule has 11 aromatic carbocycles. The second-order valence-corrected chi connectivity index (χ2v) is 31.4. The van der Waals surface area contributed by atoms with Gasteiger partial charge >= 0.3 is 18.4 Å². The number of aromatic nitrogens is 6. The second-order valence-electron chi connectivity index (χ2n) is 30.5. The van der Waals surface area contributed by atoms with Gasteiger partial charge in [0.25, 0.3) is 0 Å². The first kappa shape index (κ1) is 93.3. The summed E-state index contributed by atoms with van der Waals surface area (Å²) in [6.07, 6.45) is -1.89. The number of alkyl halides is 3. The molecule has 2 aliphatic heterocycles. The fourth-order valence-corrected chi connectivity index (χ4v) is 16.7. The number of carbonyl (C=O) groups excluding carboxylic acids is 2. The van der Waals surface area contributed by atoms with Crippen molar-refractivity contribution in [3.8, 4) is 105 Å². The molecule has 24 nitrogen and oxygen atoms in total. The number of hydrogen-bond acceptors (Lipinski definition) is 16. The number of aryl methyl sites for hydroxylation is 5. The topological polar surface area (TPSA) is 304 Å². The highest BCUT2D eigenvalue weighted by Crippen LogP contribution is 2.43. The van der Waals surface area contributed by atoms with Crippen molar-refractivity contribution in [1.29, 1.82) is 31.6 Å². The highest BCUT2D eigenvalue weighted by Gasteiger charge is 2.32. The standard InChI is InChI=1S/C26H23N3O3.C21H21N3O3.C18H14N2O2.C17H11FN2O2.C12H9F3N2.C11H9BrN2/c1-3-29-24-15-21(31-2)13-14-22(24)23(16-27)25(29)19-9-11-20(12-10-19)28-26(30)32-17-18-7-5-4-6-8-18;1-4-24-19-12-16(26-3)10-11-17(19)18(13-22)20(24)14-6-8-15(9-7-14)23-21(25)27-5-2;1-11-3-5-14-15(9-19)12(2)20(16(14)7-11)13-4-6-17-18(8-13)22-10-21-17;1-10-14(8-19)13-4-2-11(18)6-15(13)20(10)12-3-5-16-17(7-12)22-9-21-16;1-2-17-7-8(6-16)10-4-3-9(5-11(10)17)12(13,14)15;1-2-14-7-8(6-13)10-4-3-9(12)5-11(10)14/h4-15H,3,17H2,1-2H3,(H,28,30);6-12H,4-5H2,1-3H3,(H,23,25);3-8H,10H2,1-2H3;2-7H,9H2,1H3;3-5,7H,2H2,1H3;3-5,7H,2H2,1H3. The molecule has 134 heavy (non-hydrogen) atoms. The number of halogens is 5. The van der Waals surface area contributed by atoms with E-state index in [1.165, 1.54) is 18.2 Å². The fraction of sp³-hybridized carbons (Fsp3) is 0.181. The Morgan fingerprint density at radius 2 is 0.866 bits per heavy atom. The Balaban J connectivity index is 0.000000131. The first-order valence-corrected chi connectivity index (χ1v) is 43.3. The number of hydrogen-bond donors (Lipinski definition) is 2. The van der Waals surface area contributed by atoms with E-state index in [0.29, 0.717) is 93.4 Å². The van der Waals surface area contributed by atoms with Crippen LogP contribution in [-0.2, 0) is 48.4 Å². The fourth-order valence-electron chi connectivity index (χ4n) is 16.3. The Bertz CT molecular complexity index is 7460. The molecule has 17 aromatic rings. The third kappa shape index (κ3) is 19.5. The number of nitriles is 6. The Kier molecular flexibility index (Phi) is 28.7. The van der Waals surface area contributed by atoms with Gasteiger partial charge in [0.05, 0.1) is 98.7 Å². The lowest BCUT2D eigenvalue weighted by Crippen LogP contribution is -2.13. The number of nitrogens with one attached hydrogen (secondary N) is 2. The summed E-state index contributed by atoms with van der Waals surface area (Å²) in [4.78, 5) is 23.7. The SMILES string of the molecule is CCOC(=O)Nc1ccc(-c2c(C#N)c3ccc(OC)cc3n2CC)cc1.CCn1c(-c2ccc(NC(=O)OCc3ccccc3)cc2)c(C#N)c2ccc(OC)cc21.CCn1cc(C#N)c2ccc(Br)cc21.CCn1cc(C#N)c2ccc(C(F)(F)F)cc21.Cc1c(C#N)c2ccc(F)cc2n1-c1ccc2c(c1)OCO2.Cc1ccc2c(C#N)c(C)n(-c3ccc4c(c3)OCO4)c2c1. The van der Waals surface area contributed by atoms with Crippen LogP contribution in [0.4, 0.5) is 38.5 Å². The van der Waals surface area contributed by atoms with E-state index in [4.69, 9.17) is 48.4 Å². The van der Waals surface area contributed by atoms with Crippen molar-refractivity contribution in [2.45, 2.75) is 94.4 Å². The molecule has 0 bridgehead atoms. The zero-order chi connectivity index (χ0) is 95.2. The summed E-state index contributed by atoms with van der Waals surface area (Å²) >= 11 is 3.43. The molecule has 2 aliphatic rings. The molecule has 0 saturated carbocycles. The van der Waals surface area contributed by atoms with Crippen LogP contribution in [0.3, 0.4) is 0 Å². The monoisotopic (exact) mass is 1860 g/mol. The van der Waals surface area contributed by atoms with Crippen LogP contribution in [0.1, 0.15) is 96.1 Å². The van der Waals surface area contributed by atoms with Gasteiger partial charge in [0.2, 0.25) is 13.6 Å². The quantitative estimate of drug-likeness (QED) is 0.0901. The normalized spacial score (nSPS) is 11.3. The summed E-state index contributed by atoms with van der Waals surface area (Å²) in [7, 11) is 3.25. The summed E-state index contributed by atoms with van der Waals surface area (Å²) in [5.41, 5.74) is 18.4. The second kappa shape index (κ2) is 41.3. The number of anilines is 2. The number of fused-ring (bicyclic) bond motifs is 8. The Hall–Kier alpha value is -16.9. The lowest BCUT2D eigenvalue weighted by molar-refractivity contribution is -0.137. The minimum Gasteiger partial charge on any atom is -0.497 e.